The molecule has 0 radical (unpaired) electrons. The highest BCUT2D eigenvalue weighted by Crippen LogP contribution is 2.44. The maximum Gasteiger partial charge on any atom is 0.407 e. The van der Waals surface area contributed by atoms with Gasteiger partial charge in [-0.05, 0) is 94.4 Å². The van der Waals surface area contributed by atoms with Crippen molar-refractivity contribution < 1.29 is 33.4 Å². The van der Waals surface area contributed by atoms with Gasteiger partial charge in [0.25, 0.3) is 0 Å². The Balaban J connectivity index is 1.17. The molecule has 5 rings (SSSR count). The molecule has 278 valence electrons. The lowest BCUT2D eigenvalue weighted by atomic mass is 9.92. The van der Waals surface area contributed by atoms with E-state index in [1.807, 2.05) is 60.7 Å². The van der Waals surface area contributed by atoms with Crippen LogP contribution in [0.3, 0.4) is 0 Å². The smallest absolute Gasteiger partial charge is 0.407 e. The number of hydrogen-bond donors (Lipinski definition) is 4. The molecule has 2 saturated carbocycles. The van der Waals surface area contributed by atoms with Gasteiger partial charge in [0.05, 0.1) is 0 Å². The van der Waals surface area contributed by atoms with Gasteiger partial charge in [0.15, 0.2) is 0 Å². The van der Waals surface area contributed by atoms with Crippen molar-refractivity contribution in [2.24, 2.45) is 0 Å². The summed E-state index contributed by atoms with van der Waals surface area (Å²) in [5.74, 6) is -1.98. The van der Waals surface area contributed by atoms with Crippen LogP contribution < -0.4 is 21.3 Å². The predicted octanol–water partition coefficient (Wildman–Crippen LogP) is 5.73. The molecule has 0 aromatic heterocycles. The predicted molar refractivity (Wildman–Crippen MR) is 198 cm³/mol. The molecule has 0 aliphatic heterocycles. The SMILES string of the molecule is CC(C)(C)OC(=O)C(CCC(=O)NC(CCC(=O)NCC=C1CCC1)C(=O)NCC=C1CCC1)NC(=O)OCC1c2ccccc2-c2ccccc21. The van der Waals surface area contributed by atoms with E-state index in [4.69, 9.17) is 9.47 Å². The third kappa shape index (κ3) is 11.0. The zero-order chi connectivity index (χ0) is 37.1. The average Bonchev–Trinajstić information content (AvgIpc) is 3.38. The summed E-state index contributed by atoms with van der Waals surface area (Å²) in [7, 11) is 0. The number of esters is 1. The summed E-state index contributed by atoms with van der Waals surface area (Å²) in [6, 6.07) is 13.8. The van der Waals surface area contributed by atoms with Crippen LogP contribution in [0.1, 0.15) is 102 Å². The summed E-state index contributed by atoms with van der Waals surface area (Å²) in [6.07, 6.45) is 9.56. The summed E-state index contributed by atoms with van der Waals surface area (Å²) in [5, 5.41) is 11.1. The Kier molecular flexibility index (Phi) is 13.3. The van der Waals surface area contributed by atoms with E-state index in [0.717, 1.165) is 54.4 Å². The number of carbonyl (C=O) groups is 5. The molecule has 4 N–H and O–H groups in total. The molecule has 0 saturated heterocycles. The van der Waals surface area contributed by atoms with Gasteiger partial charge in [0, 0.05) is 31.8 Å². The minimum Gasteiger partial charge on any atom is -0.458 e. The monoisotopic (exact) mass is 712 g/mol. The highest BCUT2D eigenvalue weighted by atomic mass is 16.6. The minimum atomic E-state index is -1.18. The number of nitrogens with one attached hydrogen (secondary N) is 4. The first kappa shape index (κ1) is 38.3. The van der Waals surface area contributed by atoms with Gasteiger partial charge in [-0.1, -0.05) is 71.8 Å². The standard InChI is InChI=1S/C41H52N4O7/c1-41(2,3)52-39(49)35(45-40(50)51-26-33-31-16-6-4-14-29(31)30-15-5-7-17-32(30)33)19-21-37(47)44-34(38(48)43-25-23-28-12-9-13-28)18-20-36(46)42-24-22-27-10-8-11-27/h4-7,14-17,22-23,33-35H,8-13,18-21,24-26H2,1-3H3,(H,42,46)(H,43,48)(H,44,47)(H,45,50). The van der Waals surface area contributed by atoms with E-state index in [0.29, 0.717) is 13.1 Å². The van der Waals surface area contributed by atoms with Crippen LogP contribution in [-0.2, 0) is 28.7 Å². The second-order valence-corrected chi connectivity index (χ2v) is 14.7. The van der Waals surface area contributed by atoms with Crippen molar-refractivity contribution in [2.45, 2.75) is 109 Å². The number of alkyl carbamates (subject to hydrolysis) is 1. The zero-order valence-corrected chi connectivity index (χ0v) is 30.6. The van der Waals surface area contributed by atoms with Crippen molar-refractivity contribution in [3.63, 3.8) is 0 Å². The number of rotatable bonds is 16. The van der Waals surface area contributed by atoms with E-state index < -0.39 is 41.6 Å². The Bertz CT molecular complexity index is 1630. The van der Waals surface area contributed by atoms with E-state index in [1.165, 1.54) is 17.6 Å². The average molecular weight is 713 g/mol. The number of amides is 4. The minimum absolute atomic E-state index is 0.0481. The van der Waals surface area contributed by atoms with Gasteiger partial charge in [-0.3, -0.25) is 14.4 Å². The number of fused-ring (bicyclic) bond motifs is 3. The van der Waals surface area contributed by atoms with E-state index in [2.05, 4.69) is 21.3 Å². The third-order valence-electron chi connectivity index (χ3n) is 9.65. The van der Waals surface area contributed by atoms with Crippen molar-refractivity contribution in [2.75, 3.05) is 19.7 Å². The quantitative estimate of drug-likeness (QED) is 0.128. The number of carbonyl (C=O) groups excluding carboxylic acids is 5. The Morgan fingerprint density at radius 3 is 1.83 bits per heavy atom. The molecular formula is C41H52N4O7. The molecule has 4 amide bonds. The maximum absolute atomic E-state index is 13.3. The molecule has 11 nitrogen and oxygen atoms in total. The van der Waals surface area contributed by atoms with Gasteiger partial charge in [0.2, 0.25) is 17.7 Å². The van der Waals surface area contributed by atoms with Gasteiger partial charge < -0.3 is 30.7 Å². The molecule has 52 heavy (non-hydrogen) atoms. The van der Waals surface area contributed by atoms with Crippen molar-refractivity contribution >= 4 is 29.8 Å². The summed E-state index contributed by atoms with van der Waals surface area (Å²) >= 11 is 0. The fraction of sp³-hybridized carbons (Fsp3) is 0.488. The van der Waals surface area contributed by atoms with Gasteiger partial charge >= 0.3 is 12.1 Å². The summed E-state index contributed by atoms with van der Waals surface area (Å²) in [4.78, 5) is 65.3. The molecular weight excluding hydrogens is 660 g/mol. The summed E-state index contributed by atoms with van der Waals surface area (Å²) in [6.45, 7) is 5.98. The zero-order valence-electron chi connectivity index (χ0n) is 30.6. The van der Waals surface area contributed by atoms with E-state index >= 15 is 0 Å². The normalized spacial score (nSPS) is 15.8. The molecule has 3 aliphatic carbocycles. The second kappa shape index (κ2) is 18.0. The fourth-order valence-corrected chi connectivity index (χ4v) is 6.48. The van der Waals surface area contributed by atoms with Crippen molar-refractivity contribution in [3.8, 4) is 11.1 Å². The second-order valence-electron chi connectivity index (χ2n) is 14.7. The molecule has 11 heteroatoms. The number of allylic oxidation sites excluding steroid dienone is 2. The number of benzene rings is 2. The van der Waals surface area contributed by atoms with Crippen LogP contribution in [0.15, 0.2) is 71.8 Å². The molecule has 0 bridgehead atoms. The molecule has 2 unspecified atom stereocenters. The van der Waals surface area contributed by atoms with Crippen LogP contribution in [-0.4, -0.2) is 67.2 Å². The van der Waals surface area contributed by atoms with Gasteiger partial charge in [-0.2, -0.15) is 0 Å². The van der Waals surface area contributed by atoms with E-state index in [9.17, 15) is 24.0 Å². The topological polar surface area (TPSA) is 152 Å². The molecule has 2 aromatic rings. The molecule has 0 heterocycles. The van der Waals surface area contributed by atoms with Crippen molar-refractivity contribution in [1.82, 2.24) is 21.3 Å². The Labute approximate surface area is 306 Å². The maximum atomic E-state index is 13.3. The third-order valence-corrected chi connectivity index (χ3v) is 9.65. The fourth-order valence-electron chi connectivity index (χ4n) is 6.48. The number of ether oxygens (including phenoxy) is 2. The van der Waals surface area contributed by atoms with E-state index in [1.54, 1.807) is 20.8 Å². The van der Waals surface area contributed by atoms with Crippen LogP contribution in [0.5, 0.6) is 0 Å². The Hall–Kier alpha value is -4.93. The van der Waals surface area contributed by atoms with Gasteiger partial charge in [-0.25, -0.2) is 9.59 Å². The lowest BCUT2D eigenvalue weighted by molar-refractivity contribution is -0.157. The van der Waals surface area contributed by atoms with Gasteiger partial charge in [0.1, 0.15) is 24.3 Å². The van der Waals surface area contributed by atoms with Crippen LogP contribution in [0.4, 0.5) is 4.79 Å². The highest BCUT2D eigenvalue weighted by Gasteiger charge is 2.32. The molecule has 2 atom stereocenters. The van der Waals surface area contributed by atoms with Crippen molar-refractivity contribution in [3.05, 3.63) is 83.0 Å². The summed E-state index contributed by atoms with van der Waals surface area (Å²) < 4.78 is 11.2. The van der Waals surface area contributed by atoms with Crippen LogP contribution in [0.25, 0.3) is 11.1 Å². The molecule has 2 fully saturated rings. The van der Waals surface area contributed by atoms with Crippen LogP contribution in [0.2, 0.25) is 0 Å². The van der Waals surface area contributed by atoms with Crippen molar-refractivity contribution in [1.29, 1.82) is 0 Å². The number of hydrogen-bond acceptors (Lipinski definition) is 7. The van der Waals surface area contributed by atoms with Crippen LogP contribution >= 0.6 is 0 Å². The van der Waals surface area contributed by atoms with E-state index in [-0.39, 0.29) is 44.1 Å². The first-order chi connectivity index (χ1) is 25.0. The Morgan fingerprint density at radius 2 is 1.27 bits per heavy atom. The lowest BCUT2D eigenvalue weighted by Crippen LogP contribution is -2.48. The highest BCUT2D eigenvalue weighted by molar-refractivity contribution is 5.89. The molecule has 2 aromatic carbocycles. The first-order valence-corrected chi connectivity index (χ1v) is 18.5. The largest absolute Gasteiger partial charge is 0.458 e. The molecule has 3 aliphatic rings. The van der Waals surface area contributed by atoms with Crippen LogP contribution in [0, 0.1) is 0 Å². The van der Waals surface area contributed by atoms with Gasteiger partial charge in [-0.15, -0.1) is 0 Å². The Morgan fingerprint density at radius 1 is 0.731 bits per heavy atom. The molecule has 0 spiro atoms. The first-order valence-electron chi connectivity index (χ1n) is 18.5. The summed E-state index contributed by atoms with van der Waals surface area (Å²) in [5.41, 5.74) is 6.08. The lowest BCUT2D eigenvalue weighted by Gasteiger charge is -2.25.